The van der Waals surface area contributed by atoms with E-state index in [9.17, 15) is 9.90 Å². The number of ether oxygens (including phenoxy) is 1. The molecule has 6 nitrogen and oxygen atoms in total. The minimum absolute atomic E-state index is 0.108. The van der Waals surface area contributed by atoms with Crippen molar-refractivity contribution in [2.75, 3.05) is 6.61 Å². The zero-order valence-corrected chi connectivity index (χ0v) is 14.1. The van der Waals surface area contributed by atoms with Gasteiger partial charge in [-0.05, 0) is 61.4 Å². The number of hydrogen-bond acceptors (Lipinski definition) is 4. The predicted octanol–water partition coefficient (Wildman–Crippen LogP) is 2.79. The summed E-state index contributed by atoms with van der Waals surface area (Å²) >= 11 is 0. The Hall–Kier alpha value is -2.86. The van der Waals surface area contributed by atoms with Gasteiger partial charge in [-0.2, -0.15) is 0 Å². The molecule has 3 aromatic rings. The van der Waals surface area contributed by atoms with Crippen LogP contribution in [0.2, 0.25) is 0 Å². The van der Waals surface area contributed by atoms with Gasteiger partial charge in [-0.1, -0.05) is 0 Å². The van der Waals surface area contributed by atoms with Gasteiger partial charge in [0.15, 0.2) is 0 Å². The fraction of sp³-hybridized carbons (Fsp3) is 0.263. The molecule has 1 aromatic heterocycles. The van der Waals surface area contributed by atoms with Gasteiger partial charge < -0.3 is 19.5 Å². The van der Waals surface area contributed by atoms with E-state index in [1.54, 1.807) is 18.5 Å². The highest BCUT2D eigenvalue weighted by atomic mass is 16.5. The second-order valence-corrected chi connectivity index (χ2v) is 6.12. The van der Waals surface area contributed by atoms with E-state index in [2.05, 4.69) is 11.1 Å². The fourth-order valence-corrected chi connectivity index (χ4v) is 2.62. The number of hydrogen-bond donors (Lipinski definition) is 2. The van der Waals surface area contributed by atoms with Crippen LogP contribution in [0.1, 0.15) is 21.5 Å². The Kier molecular flexibility index (Phi) is 4.72. The van der Waals surface area contributed by atoms with Gasteiger partial charge in [-0.3, -0.25) is 0 Å². The molecule has 1 unspecified atom stereocenters. The first-order chi connectivity index (χ1) is 11.9. The van der Waals surface area contributed by atoms with Crippen LogP contribution in [0.15, 0.2) is 42.7 Å². The number of imidazole rings is 1. The predicted molar refractivity (Wildman–Crippen MR) is 94.1 cm³/mol. The lowest BCUT2D eigenvalue weighted by Gasteiger charge is -2.14. The van der Waals surface area contributed by atoms with Crippen LogP contribution in [-0.4, -0.2) is 38.4 Å². The molecule has 0 spiro atoms. The van der Waals surface area contributed by atoms with Crippen LogP contribution in [0.25, 0.3) is 11.0 Å². The van der Waals surface area contributed by atoms with Crippen molar-refractivity contribution in [1.29, 1.82) is 0 Å². The average Bonchev–Trinajstić information content (AvgIpc) is 2.95. The molecule has 0 fully saturated rings. The number of aromatic nitrogens is 2. The van der Waals surface area contributed by atoms with Crippen LogP contribution in [0.4, 0.5) is 0 Å². The van der Waals surface area contributed by atoms with Gasteiger partial charge in [0.05, 0.1) is 29.5 Å². The molecule has 0 saturated carbocycles. The molecule has 130 valence electrons. The molecule has 0 aliphatic carbocycles. The van der Waals surface area contributed by atoms with Crippen molar-refractivity contribution in [3.63, 3.8) is 0 Å². The van der Waals surface area contributed by atoms with Crippen LogP contribution >= 0.6 is 0 Å². The van der Waals surface area contributed by atoms with E-state index in [1.165, 1.54) is 23.3 Å². The van der Waals surface area contributed by atoms with Gasteiger partial charge in [0.25, 0.3) is 0 Å². The molecule has 25 heavy (non-hydrogen) atoms. The Balaban J connectivity index is 1.63. The number of benzene rings is 2. The molecule has 0 bridgehead atoms. The first kappa shape index (κ1) is 17.0. The van der Waals surface area contributed by atoms with Crippen LogP contribution in [0, 0.1) is 13.8 Å². The SMILES string of the molecule is Cc1cc2ncn(CC(O)COc3ccc(C(=O)O)cc3)c2cc1C. The molecule has 0 saturated heterocycles. The third kappa shape index (κ3) is 3.80. The minimum Gasteiger partial charge on any atom is -0.491 e. The highest BCUT2D eigenvalue weighted by molar-refractivity contribution is 5.87. The van der Waals surface area contributed by atoms with Crippen LogP contribution in [-0.2, 0) is 6.54 Å². The number of carboxylic acids is 1. The zero-order valence-electron chi connectivity index (χ0n) is 14.1. The quantitative estimate of drug-likeness (QED) is 0.721. The fourth-order valence-electron chi connectivity index (χ4n) is 2.62. The standard InChI is InChI=1S/C19H20N2O4/c1-12-7-17-18(8-13(12)2)21(11-20-17)9-15(22)10-25-16-5-3-14(4-6-16)19(23)24/h3-8,11,15,22H,9-10H2,1-2H3,(H,23,24). The number of aliphatic hydroxyl groups is 1. The number of aliphatic hydroxyl groups excluding tert-OH is 1. The normalized spacial score (nSPS) is 12.3. The van der Waals surface area contributed by atoms with Gasteiger partial charge in [-0.15, -0.1) is 0 Å². The number of nitrogens with zero attached hydrogens (tertiary/aromatic N) is 2. The molecule has 1 heterocycles. The molecular weight excluding hydrogens is 320 g/mol. The van der Waals surface area contributed by atoms with Crippen LogP contribution in [0.5, 0.6) is 5.75 Å². The molecule has 0 aliphatic heterocycles. The molecule has 2 N–H and O–H groups in total. The summed E-state index contributed by atoms with van der Waals surface area (Å²) in [6, 6.07) is 10.2. The van der Waals surface area contributed by atoms with Crippen molar-refractivity contribution in [2.45, 2.75) is 26.5 Å². The molecule has 2 aromatic carbocycles. The van der Waals surface area contributed by atoms with Crippen LogP contribution < -0.4 is 4.74 Å². The van der Waals surface area contributed by atoms with Gasteiger partial charge >= 0.3 is 5.97 Å². The summed E-state index contributed by atoms with van der Waals surface area (Å²) in [7, 11) is 0. The summed E-state index contributed by atoms with van der Waals surface area (Å²) in [5.74, 6) is -0.463. The van der Waals surface area contributed by atoms with E-state index in [1.807, 2.05) is 24.5 Å². The maximum absolute atomic E-state index is 10.8. The lowest BCUT2D eigenvalue weighted by molar-refractivity contribution is 0.0696. The average molecular weight is 340 g/mol. The van der Waals surface area contributed by atoms with E-state index in [0.29, 0.717) is 12.3 Å². The van der Waals surface area contributed by atoms with E-state index >= 15 is 0 Å². The van der Waals surface area contributed by atoms with Crippen molar-refractivity contribution < 1.29 is 19.7 Å². The first-order valence-electron chi connectivity index (χ1n) is 8.00. The summed E-state index contributed by atoms with van der Waals surface area (Å²) in [6.45, 7) is 4.57. The Morgan fingerprint density at radius 2 is 1.88 bits per heavy atom. The number of fused-ring (bicyclic) bond motifs is 1. The molecule has 0 aliphatic rings. The third-order valence-corrected chi connectivity index (χ3v) is 4.19. The minimum atomic E-state index is -0.982. The monoisotopic (exact) mass is 340 g/mol. The summed E-state index contributed by atoms with van der Waals surface area (Å²) in [5, 5.41) is 19.1. The van der Waals surface area contributed by atoms with Gasteiger partial charge in [0, 0.05) is 0 Å². The molecular formula is C19H20N2O4. The molecule has 0 amide bonds. The second kappa shape index (κ2) is 6.94. The largest absolute Gasteiger partial charge is 0.491 e. The van der Waals surface area contributed by atoms with Crippen molar-refractivity contribution in [2.24, 2.45) is 0 Å². The molecule has 0 radical (unpaired) electrons. The number of aryl methyl sites for hydroxylation is 2. The maximum atomic E-state index is 10.8. The van der Waals surface area contributed by atoms with Crippen molar-refractivity contribution >= 4 is 17.0 Å². The van der Waals surface area contributed by atoms with E-state index < -0.39 is 12.1 Å². The number of carboxylic acid groups (broad SMARTS) is 1. The lowest BCUT2D eigenvalue weighted by Crippen LogP contribution is -2.23. The lowest BCUT2D eigenvalue weighted by atomic mass is 10.1. The Bertz CT molecular complexity index is 900. The van der Waals surface area contributed by atoms with E-state index in [4.69, 9.17) is 9.84 Å². The summed E-state index contributed by atoms with van der Waals surface area (Å²) in [4.78, 5) is 15.2. The summed E-state index contributed by atoms with van der Waals surface area (Å²) in [6.07, 6.45) is 1.01. The van der Waals surface area contributed by atoms with Gasteiger partial charge in [-0.25, -0.2) is 9.78 Å². The molecule has 3 rings (SSSR count). The van der Waals surface area contributed by atoms with Crippen molar-refractivity contribution in [3.8, 4) is 5.75 Å². The highest BCUT2D eigenvalue weighted by Crippen LogP contribution is 2.19. The van der Waals surface area contributed by atoms with E-state index in [-0.39, 0.29) is 12.2 Å². The Morgan fingerprint density at radius 3 is 2.56 bits per heavy atom. The third-order valence-electron chi connectivity index (χ3n) is 4.19. The number of carbonyl (C=O) groups is 1. The van der Waals surface area contributed by atoms with Gasteiger partial charge in [0.2, 0.25) is 0 Å². The van der Waals surface area contributed by atoms with Crippen LogP contribution in [0.3, 0.4) is 0 Å². The summed E-state index contributed by atoms with van der Waals surface area (Å²) in [5.41, 5.74) is 4.45. The zero-order chi connectivity index (χ0) is 18.0. The highest BCUT2D eigenvalue weighted by Gasteiger charge is 2.11. The van der Waals surface area contributed by atoms with Crippen molar-refractivity contribution in [3.05, 3.63) is 59.4 Å². The van der Waals surface area contributed by atoms with Crippen molar-refractivity contribution in [1.82, 2.24) is 9.55 Å². The topological polar surface area (TPSA) is 84.6 Å². The number of rotatable bonds is 6. The molecule has 6 heteroatoms. The maximum Gasteiger partial charge on any atom is 0.335 e. The molecule has 1 atom stereocenters. The second-order valence-electron chi connectivity index (χ2n) is 6.12. The Labute approximate surface area is 145 Å². The van der Waals surface area contributed by atoms with E-state index in [0.717, 1.165) is 11.0 Å². The summed E-state index contributed by atoms with van der Waals surface area (Å²) < 4.78 is 7.44. The first-order valence-corrected chi connectivity index (χ1v) is 8.00. The Morgan fingerprint density at radius 1 is 1.20 bits per heavy atom. The smallest absolute Gasteiger partial charge is 0.335 e. The van der Waals surface area contributed by atoms with Gasteiger partial charge in [0.1, 0.15) is 18.5 Å². The number of aromatic carboxylic acids is 1.